The first-order valence-corrected chi connectivity index (χ1v) is 18.0. The summed E-state index contributed by atoms with van der Waals surface area (Å²) in [4.78, 5) is 0. The van der Waals surface area contributed by atoms with Crippen LogP contribution in [0.2, 0.25) is 0 Å². The van der Waals surface area contributed by atoms with Crippen LogP contribution in [0.15, 0.2) is 139 Å². The van der Waals surface area contributed by atoms with Gasteiger partial charge in [-0.2, -0.15) is 10.5 Å². The molecule has 5 aromatic carbocycles. The monoisotopic (exact) mass is 756 g/mol. The van der Waals surface area contributed by atoms with E-state index in [9.17, 15) is 10.5 Å². The lowest BCUT2D eigenvalue weighted by Crippen LogP contribution is -2.01. The molecule has 0 radical (unpaired) electrons. The molecule has 0 amide bonds. The Morgan fingerprint density at radius 2 is 0.750 bits per heavy atom. The van der Waals surface area contributed by atoms with E-state index in [4.69, 9.17) is 9.47 Å². The highest BCUT2D eigenvalue weighted by atomic mass is 79.9. The van der Waals surface area contributed by atoms with E-state index in [1.807, 2.05) is 84.9 Å². The molecule has 0 aliphatic rings. The first-order chi connectivity index (χ1) is 23.7. The molecule has 0 unspecified atom stereocenters. The quantitative estimate of drug-likeness (QED) is 0.0490. The number of allylic oxidation sites excluding steroid dienone is 1. The minimum Gasteiger partial charge on any atom is -0.494 e. The van der Waals surface area contributed by atoms with Crippen LogP contribution in [-0.2, 0) is 0 Å². The summed E-state index contributed by atoms with van der Waals surface area (Å²) in [7, 11) is 0. The summed E-state index contributed by atoms with van der Waals surface area (Å²) in [6.45, 7) is 1.29. The number of ether oxygens (including phenoxy) is 2. The van der Waals surface area contributed by atoms with E-state index in [-0.39, 0.29) is 5.57 Å². The second-order valence-corrected chi connectivity index (χ2v) is 12.4. The smallest absolute Gasteiger partial charge is 0.138 e. The maximum atomic E-state index is 9.84. The highest BCUT2D eigenvalue weighted by Gasteiger charge is 2.18. The van der Waals surface area contributed by atoms with Crippen LogP contribution in [0.3, 0.4) is 0 Å². The number of halogens is 2. The molecule has 5 rings (SSSR count). The van der Waals surface area contributed by atoms with Crippen molar-refractivity contribution in [2.24, 2.45) is 0 Å². The third kappa shape index (κ3) is 8.72. The van der Waals surface area contributed by atoms with E-state index in [1.165, 1.54) is 0 Å². The second kappa shape index (κ2) is 17.9. The largest absolute Gasteiger partial charge is 0.494 e. The summed E-state index contributed by atoms with van der Waals surface area (Å²) in [5, 5.41) is 21.5. The molecule has 0 atom stereocenters. The van der Waals surface area contributed by atoms with Gasteiger partial charge >= 0.3 is 0 Å². The van der Waals surface area contributed by atoms with Crippen LogP contribution in [0, 0.1) is 22.7 Å². The zero-order valence-corrected chi connectivity index (χ0v) is 29.6. The van der Waals surface area contributed by atoms with Gasteiger partial charge in [-0.05, 0) is 81.6 Å². The van der Waals surface area contributed by atoms with Crippen molar-refractivity contribution in [2.45, 2.75) is 12.8 Å². The van der Waals surface area contributed by atoms with Crippen molar-refractivity contribution in [3.63, 3.8) is 0 Å². The minimum atomic E-state index is 0.0744. The van der Waals surface area contributed by atoms with Crippen molar-refractivity contribution < 1.29 is 9.47 Å². The first-order valence-electron chi connectivity index (χ1n) is 15.8. The van der Waals surface area contributed by atoms with Crippen LogP contribution < -0.4 is 9.47 Å². The highest BCUT2D eigenvalue weighted by Crippen LogP contribution is 2.39. The lowest BCUT2D eigenvalue weighted by atomic mass is 9.85. The van der Waals surface area contributed by atoms with Gasteiger partial charge in [-0.15, -0.1) is 0 Å². The zero-order valence-electron chi connectivity index (χ0n) is 26.4. The van der Waals surface area contributed by atoms with Crippen LogP contribution in [-0.4, -0.2) is 23.9 Å². The molecule has 0 aliphatic carbocycles. The van der Waals surface area contributed by atoms with E-state index in [0.717, 1.165) is 79.5 Å². The summed E-state index contributed by atoms with van der Waals surface area (Å²) in [5.74, 6) is 1.65. The highest BCUT2D eigenvalue weighted by molar-refractivity contribution is 9.09. The van der Waals surface area contributed by atoms with Crippen molar-refractivity contribution in [3.05, 3.63) is 172 Å². The van der Waals surface area contributed by atoms with Crippen LogP contribution in [0.5, 0.6) is 11.5 Å². The molecule has 0 aromatic heterocycles. The van der Waals surface area contributed by atoms with E-state index < -0.39 is 0 Å². The van der Waals surface area contributed by atoms with Crippen molar-refractivity contribution >= 4 is 48.6 Å². The molecule has 48 heavy (non-hydrogen) atoms. The van der Waals surface area contributed by atoms with E-state index in [0.29, 0.717) is 18.8 Å². The number of alkyl halides is 2. The molecule has 0 saturated carbocycles. The van der Waals surface area contributed by atoms with Crippen LogP contribution in [0.25, 0.3) is 16.7 Å². The Balaban J connectivity index is 1.69. The molecule has 0 fully saturated rings. The Hall–Kier alpha value is -4.88. The molecular weight excluding hydrogens is 724 g/mol. The van der Waals surface area contributed by atoms with Crippen molar-refractivity contribution in [3.8, 4) is 23.6 Å². The number of benzene rings is 5. The van der Waals surface area contributed by atoms with Crippen molar-refractivity contribution in [1.29, 1.82) is 10.5 Å². The predicted molar refractivity (Wildman–Crippen MR) is 202 cm³/mol. The van der Waals surface area contributed by atoms with E-state index >= 15 is 0 Å². The molecule has 5 aromatic rings. The van der Waals surface area contributed by atoms with Gasteiger partial charge in [-0.25, -0.2) is 0 Å². The fraction of sp³-hybridized carbons (Fsp3) is 0.143. The molecule has 238 valence electrons. The molecule has 0 heterocycles. The third-order valence-corrected chi connectivity index (χ3v) is 8.81. The molecule has 0 saturated heterocycles. The number of rotatable bonds is 14. The Morgan fingerprint density at radius 1 is 0.438 bits per heavy atom. The van der Waals surface area contributed by atoms with Crippen molar-refractivity contribution in [1.82, 2.24) is 0 Å². The molecule has 6 heteroatoms. The third-order valence-electron chi connectivity index (χ3n) is 7.69. The fourth-order valence-electron chi connectivity index (χ4n) is 5.44. The number of nitrogens with zero attached hydrogens (tertiary/aromatic N) is 2. The van der Waals surface area contributed by atoms with Crippen LogP contribution in [0.1, 0.15) is 46.2 Å². The average Bonchev–Trinajstić information content (AvgIpc) is 3.15. The van der Waals surface area contributed by atoms with Gasteiger partial charge in [0.15, 0.2) is 0 Å². The van der Waals surface area contributed by atoms with Crippen molar-refractivity contribution in [2.75, 3.05) is 23.9 Å². The lowest BCUT2D eigenvalue weighted by Gasteiger charge is -2.19. The van der Waals surface area contributed by atoms with E-state index in [2.05, 4.69) is 92.5 Å². The van der Waals surface area contributed by atoms with Gasteiger partial charge in [0, 0.05) is 16.2 Å². The van der Waals surface area contributed by atoms with E-state index in [1.54, 1.807) is 0 Å². The number of hydrogen-bond donors (Lipinski definition) is 0. The normalized spacial score (nSPS) is 10.3. The van der Waals surface area contributed by atoms with Crippen LogP contribution >= 0.6 is 31.9 Å². The SMILES string of the molecule is N#CC(C#N)=C(c1ccccc1)c1ccc(C(=C(c2ccc(OCCCBr)cc2)c2ccc(OCCCBr)cc2)c2ccccc2)cc1. The summed E-state index contributed by atoms with van der Waals surface area (Å²) in [5.41, 5.74) is 8.55. The summed E-state index contributed by atoms with van der Waals surface area (Å²) < 4.78 is 11.9. The average molecular weight is 759 g/mol. The number of nitriles is 2. The Bertz CT molecular complexity index is 1850. The maximum Gasteiger partial charge on any atom is 0.138 e. The molecule has 4 nitrogen and oxygen atoms in total. The van der Waals surface area contributed by atoms with Gasteiger partial charge < -0.3 is 9.47 Å². The molecule has 0 bridgehead atoms. The van der Waals surface area contributed by atoms with Gasteiger partial charge in [0.25, 0.3) is 0 Å². The predicted octanol–water partition coefficient (Wildman–Crippen LogP) is 10.9. The molecule has 0 N–H and O–H groups in total. The molecule has 0 spiro atoms. The first kappa shape index (κ1) is 34.5. The summed E-state index contributed by atoms with van der Waals surface area (Å²) in [6.07, 6.45) is 1.85. The standard InChI is InChI=1S/C42H34Br2N2O2/c43-25-7-27-47-38-21-17-35(18-22-38)42(36-19-23-39(24-20-36)48-28-8-26-44)41(32-11-5-2-6-12-32)34-15-13-33(14-16-34)40(37(29-45)30-46)31-9-3-1-4-10-31/h1-6,9-24H,7-8,25-28H2. The van der Waals surface area contributed by atoms with Gasteiger partial charge in [0.1, 0.15) is 29.2 Å². The maximum absolute atomic E-state index is 9.84. The van der Waals surface area contributed by atoms with Gasteiger partial charge in [-0.3, -0.25) is 0 Å². The molecule has 0 aliphatic heterocycles. The topological polar surface area (TPSA) is 66.0 Å². The lowest BCUT2D eigenvalue weighted by molar-refractivity contribution is 0.319. The Morgan fingerprint density at radius 3 is 1.10 bits per heavy atom. The summed E-state index contributed by atoms with van der Waals surface area (Å²) >= 11 is 6.95. The zero-order chi connectivity index (χ0) is 33.6. The Kier molecular flexibility index (Phi) is 12.8. The van der Waals surface area contributed by atoms with Gasteiger partial charge in [0.2, 0.25) is 0 Å². The second-order valence-electron chi connectivity index (χ2n) is 10.9. The van der Waals surface area contributed by atoms with Crippen LogP contribution in [0.4, 0.5) is 0 Å². The minimum absolute atomic E-state index is 0.0744. The summed E-state index contributed by atoms with van der Waals surface area (Å²) in [6, 6.07) is 48.8. The number of hydrogen-bond acceptors (Lipinski definition) is 4. The van der Waals surface area contributed by atoms with Gasteiger partial charge in [-0.1, -0.05) is 141 Å². The molecular formula is C42H34Br2N2O2. The fourth-order valence-corrected chi connectivity index (χ4v) is 5.90. The Labute approximate surface area is 299 Å². The van der Waals surface area contributed by atoms with Gasteiger partial charge in [0.05, 0.1) is 13.2 Å².